The molecule has 0 amide bonds. The maximum Gasteiger partial charge on any atom is 0.296 e. The number of benzene rings is 2. The van der Waals surface area contributed by atoms with Gasteiger partial charge in [0.2, 0.25) is 0 Å². The standard InChI is InChI=1S/C16H11N3OS/c20-16-15-14(21-13-9-5-4-8-12(13)18-15)10-17-19(16)11-6-2-1-3-7-11/h1-10,18H. The number of fused-ring (bicyclic) bond motifs is 2. The van der Waals surface area contributed by atoms with E-state index in [1.54, 1.807) is 18.0 Å². The molecule has 2 heterocycles. The molecule has 1 N–H and O–H groups in total. The number of rotatable bonds is 1. The van der Waals surface area contributed by atoms with Gasteiger partial charge in [-0.3, -0.25) is 4.79 Å². The molecule has 102 valence electrons. The molecule has 0 atom stereocenters. The van der Waals surface area contributed by atoms with Crippen molar-refractivity contribution in [2.75, 3.05) is 5.32 Å². The van der Waals surface area contributed by atoms with Crippen LogP contribution in [0.5, 0.6) is 0 Å². The summed E-state index contributed by atoms with van der Waals surface area (Å²) in [6.45, 7) is 0. The minimum absolute atomic E-state index is 0.138. The van der Waals surface area contributed by atoms with Gasteiger partial charge >= 0.3 is 0 Å². The average Bonchev–Trinajstić information content (AvgIpc) is 2.55. The molecular weight excluding hydrogens is 282 g/mol. The molecule has 0 unspecified atom stereocenters. The summed E-state index contributed by atoms with van der Waals surface area (Å²) in [6.07, 6.45) is 1.73. The predicted octanol–water partition coefficient (Wildman–Crippen LogP) is 3.44. The van der Waals surface area contributed by atoms with E-state index in [0.29, 0.717) is 5.69 Å². The van der Waals surface area contributed by atoms with Crippen LogP contribution in [0.4, 0.5) is 11.4 Å². The Morgan fingerprint density at radius 3 is 2.57 bits per heavy atom. The van der Waals surface area contributed by atoms with Crippen LogP contribution in [-0.2, 0) is 0 Å². The summed E-state index contributed by atoms with van der Waals surface area (Å²) >= 11 is 1.56. The van der Waals surface area contributed by atoms with Gasteiger partial charge < -0.3 is 5.32 Å². The third kappa shape index (κ3) is 2.02. The molecule has 3 aromatic rings. The number of hydrogen-bond acceptors (Lipinski definition) is 4. The van der Waals surface area contributed by atoms with E-state index in [1.165, 1.54) is 4.68 Å². The van der Waals surface area contributed by atoms with E-state index in [1.807, 2.05) is 54.6 Å². The molecule has 1 aromatic heterocycles. The predicted molar refractivity (Wildman–Crippen MR) is 83.7 cm³/mol. The Balaban J connectivity index is 1.86. The molecule has 0 aliphatic carbocycles. The normalized spacial score (nSPS) is 12.2. The molecule has 0 spiro atoms. The highest BCUT2D eigenvalue weighted by Gasteiger charge is 2.20. The number of para-hydroxylation sites is 2. The molecule has 2 aromatic carbocycles. The highest BCUT2D eigenvalue weighted by atomic mass is 32.2. The van der Waals surface area contributed by atoms with Crippen LogP contribution in [0, 0.1) is 0 Å². The lowest BCUT2D eigenvalue weighted by Gasteiger charge is -2.20. The maximum absolute atomic E-state index is 12.6. The average molecular weight is 293 g/mol. The van der Waals surface area contributed by atoms with E-state index in [-0.39, 0.29) is 5.56 Å². The van der Waals surface area contributed by atoms with Crippen LogP contribution < -0.4 is 10.9 Å². The topological polar surface area (TPSA) is 46.9 Å². The zero-order valence-corrected chi connectivity index (χ0v) is 11.8. The van der Waals surface area contributed by atoms with Crippen molar-refractivity contribution in [1.82, 2.24) is 9.78 Å². The molecule has 4 rings (SSSR count). The largest absolute Gasteiger partial charge is 0.349 e. The van der Waals surface area contributed by atoms with Crippen LogP contribution in [0.3, 0.4) is 0 Å². The first kappa shape index (κ1) is 12.2. The molecule has 0 saturated carbocycles. The van der Waals surface area contributed by atoms with E-state index >= 15 is 0 Å². The zero-order valence-electron chi connectivity index (χ0n) is 11.0. The molecule has 1 aliphatic rings. The fraction of sp³-hybridized carbons (Fsp3) is 0. The molecule has 0 bridgehead atoms. The number of anilines is 2. The first-order valence-corrected chi connectivity index (χ1v) is 7.36. The van der Waals surface area contributed by atoms with Crippen LogP contribution in [0.2, 0.25) is 0 Å². The van der Waals surface area contributed by atoms with Crippen LogP contribution in [0.1, 0.15) is 0 Å². The van der Waals surface area contributed by atoms with Crippen LogP contribution in [0.15, 0.2) is 75.4 Å². The summed E-state index contributed by atoms with van der Waals surface area (Å²) in [6, 6.07) is 17.4. The summed E-state index contributed by atoms with van der Waals surface area (Å²) in [4.78, 5) is 14.6. The summed E-state index contributed by atoms with van der Waals surface area (Å²) in [7, 11) is 0. The highest BCUT2D eigenvalue weighted by Crippen LogP contribution is 2.41. The minimum Gasteiger partial charge on any atom is -0.349 e. The number of aromatic nitrogens is 2. The van der Waals surface area contributed by atoms with Gasteiger partial charge in [-0.2, -0.15) is 9.78 Å². The van der Waals surface area contributed by atoms with Crippen LogP contribution >= 0.6 is 11.8 Å². The number of nitrogens with one attached hydrogen (secondary N) is 1. The van der Waals surface area contributed by atoms with Gasteiger partial charge in [0, 0.05) is 4.90 Å². The lowest BCUT2D eigenvalue weighted by atomic mass is 10.3. The van der Waals surface area contributed by atoms with Gasteiger partial charge in [-0.25, -0.2) is 0 Å². The van der Waals surface area contributed by atoms with Crippen molar-refractivity contribution in [3.05, 3.63) is 71.1 Å². The second kappa shape index (κ2) is 4.79. The van der Waals surface area contributed by atoms with Crippen molar-refractivity contribution >= 4 is 23.1 Å². The quantitative estimate of drug-likeness (QED) is 0.584. The summed E-state index contributed by atoms with van der Waals surface area (Å²) < 4.78 is 1.42. The van der Waals surface area contributed by atoms with E-state index in [9.17, 15) is 4.79 Å². The zero-order chi connectivity index (χ0) is 14.2. The third-order valence-corrected chi connectivity index (χ3v) is 4.42. The maximum atomic E-state index is 12.6. The molecule has 0 saturated heterocycles. The van der Waals surface area contributed by atoms with Gasteiger partial charge in [-0.15, -0.1) is 0 Å². The van der Waals surface area contributed by atoms with Crippen molar-refractivity contribution in [2.24, 2.45) is 0 Å². The lowest BCUT2D eigenvalue weighted by Crippen LogP contribution is -2.25. The molecular formula is C16H11N3OS. The Morgan fingerprint density at radius 2 is 1.71 bits per heavy atom. The number of nitrogens with zero attached hydrogens (tertiary/aromatic N) is 2. The lowest BCUT2D eigenvalue weighted by molar-refractivity contribution is 0.793. The Bertz CT molecular complexity index is 874. The molecule has 1 aliphatic heterocycles. The fourth-order valence-corrected chi connectivity index (χ4v) is 3.25. The van der Waals surface area contributed by atoms with E-state index in [2.05, 4.69) is 10.4 Å². The summed E-state index contributed by atoms with van der Waals surface area (Å²) in [5, 5.41) is 7.50. The van der Waals surface area contributed by atoms with Crippen molar-refractivity contribution in [1.29, 1.82) is 0 Å². The van der Waals surface area contributed by atoms with Crippen molar-refractivity contribution in [3.8, 4) is 5.69 Å². The fourth-order valence-electron chi connectivity index (χ4n) is 2.30. The van der Waals surface area contributed by atoms with Crippen molar-refractivity contribution in [2.45, 2.75) is 9.79 Å². The molecule has 21 heavy (non-hydrogen) atoms. The second-order valence-electron chi connectivity index (χ2n) is 4.66. The minimum atomic E-state index is -0.138. The Morgan fingerprint density at radius 1 is 0.952 bits per heavy atom. The summed E-state index contributed by atoms with van der Waals surface area (Å²) in [5.74, 6) is 0. The first-order valence-electron chi connectivity index (χ1n) is 6.54. The molecule has 4 nitrogen and oxygen atoms in total. The van der Waals surface area contributed by atoms with E-state index in [0.717, 1.165) is 21.2 Å². The molecule has 0 radical (unpaired) electrons. The molecule has 5 heteroatoms. The monoisotopic (exact) mass is 293 g/mol. The van der Waals surface area contributed by atoms with Gasteiger partial charge in [0.05, 0.1) is 22.5 Å². The molecule has 0 fully saturated rings. The van der Waals surface area contributed by atoms with Crippen molar-refractivity contribution in [3.63, 3.8) is 0 Å². The van der Waals surface area contributed by atoms with Crippen LogP contribution in [-0.4, -0.2) is 9.78 Å². The van der Waals surface area contributed by atoms with Gasteiger partial charge in [-0.05, 0) is 24.3 Å². The van der Waals surface area contributed by atoms with E-state index < -0.39 is 0 Å². The first-order chi connectivity index (χ1) is 10.3. The van der Waals surface area contributed by atoms with E-state index in [4.69, 9.17) is 0 Å². The number of hydrogen-bond donors (Lipinski definition) is 1. The Hall–Kier alpha value is -2.53. The van der Waals surface area contributed by atoms with Gasteiger partial charge in [0.15, 0.2) is 0 Å². The smallest absolute Gasteiger partial charge is 0.296 e. The van der Waals surface area contributed by atoms with Crippen molar-refractivity contribution < 1.29 is 0 Å². The third-order valence-electron chi connectivity index (χ3n) is 3.31. The Labute approximate surface area is 125 Å². The second-order valence-corrected chi connectivity index (χ2v) is 5.74. The van der Waals surface area contributed by atoms with Gasteiger partial charge in [-0.1, -0.05) is 42.1 Å². The highest BCUT2D eigenvalue weighted by molar-refractivity contribution is 7.99. The Kier molecular flexibility index (Phi) is 2.79. The summed E-state index contributed by atoms with van der Waals surface area (Å²) in [5.41, 5.74) is 2.16. The van der Waals surface area contributed by atoms with Gasteiger partial charge in [0.25, 0.3) is 5.56 Å². The van der Waals surface area contributed by atoms with Crippen LogP contribution in [0.25, 0.3) is 5.69 Å². The van der Waals surface area contributed by atoms with Gasteiger partial charge in [0.1, 0.15) is 5.69 Å². The SMILES string of the molecule is O=c1c2c(cnn1-c1ccccc1)Sc1ccccc1N2.